The second-order valence-electron chi connectivity index (χ2n) is 4.77. The van der Waals surface area contributed by atoms with Gasteiger partial charge in [-0.15, -0.1) is 0 Å². The minimum Gasteiger partial charge on any atom is -0.367 e. The molecule has 2 N–H and O–H groups in total. The fourth-order valence-corrected chi connectivity index (χ4v) is 2.36. The minimum atomic E-state index is 0.0167. The van der Waals surface area contributed by atoms with E-state index >= 15 is 0 Å². The van der Waals surface area contributed by atoms with Crippen molar-refractivity contribution in [1.82, 2.24) is 24.8 Å². The summed E-state index contributed by atoms with van der Waals surface area (Å²) < 4.78 is 0. The maximum absolute atomic E-state index is 12.1. The number of nitrogens with one attached hydrogen (secondary N) is 2. The highest BCUT2D eigenvalue weighted by Crippen LogP contribution is 2.16. The molecule has 1 amide bonds. The Kier molecular flexibility index (Phi) is 3.58. The molecule has 7 heteroatoms. The molecule has 104 valence electrons. The van der Waals surface area contributed by atoms with Crippen molar-refractivity contribution in [1.29, 1.82) is 0 Å². The van der Waals surface area contributed by atoms with Gasteiger partial charge in [-0.2, -0.15) is 0 Å². The smallest absolute Gasteiger partial charge is 0.271 e. The van der Waals surface area contributed by atoms with E-state index in [0.29, 0.717) is 11.7 Å². The van der Waals surface area contributed by atoms with Crippen molar-refractivity contribution in [2.24, 2.45) is 0 Å². The summed E-state index contributed by atoms with van der Waals surface area (Å²) >= 11 is 0. The van der Waals surface area contributed by atoms with Gasteiger partial charge in [-0.1, -0.05) is 0 Å². The summed E-state index contributed by atoms with van der Waals surface area (Å²) in [5, 5.41) is 3.37. The van der Waals surface area contributed by atoms with Gasteiger partial charge in [0.2, 0.25) is 0 Å². The predicted molar refractivity (Wildman–Crippen MR) is 73.2 cm³/mol. The van der Waals surface area contributed by atoms with E-state index in [9.17, 15) is 4.79 Å². The first-order valence-electron chi connectivity index (χ1n) is 6.63. The summed E-state index contributed by atoms with van der Waals surface area (Å²) in [7, 11) is 0. The Hall–Kier alpha value is -2.44. The topological polar surface area (TPSA) is 86.8 Å². The Bertz CT molecular complexity index is 548. The zero-order chi connectivity index (χ0) is 13.8. The van der Waals surface area contributed by atoms with E-state index in [-0.39, 0.29) is 5.91 Å². The molecule has 7 nitrogen and oxygen atoms in total. The van der Waals surface area contributed by atoms with Crippen LogP contribution in [0.2, 0.25) is 0 Å². The number of rotatable bonds is 3. The molecule has 1 aliphatic rings. The number of amides is 1. The Morgan fingerprint density at radius 2 is 2.20 bits per heavy atom. The van der Waals surface area contributed by atoms with E-state index in [4.69, 9.17) is 0 Å². The molecule has 3 rings (SSSR count). The van der Waals surface area contributed by atoms with Gasteiger partial charge in [-0.25, -0.2) is 15.0 Å². The molecule has 0 spiro atoms. The van der Waals surface area contributed by atoms with Crippen LogP contribution in [0.15, 0.2) is 31.1 Å². The highest BCUT2D eigenvalue weighted by atomic mass is 16.2. The monoisotopic (exact) mass is 272 g/mol. The van der Waals surface area contributed by atoms with Crippen LogP contribution in [0.25, 0.3) is 0 Å². The van der Waals surface area contributed by atoms with Gasteiger partial charge in [0.1, 0.15) is 17.8 Å². The number of carbonyl (C=O) groups excluding carboxylic acids is 1. The van der Waals surface area contributed by atoms with Gasteiger partial charge in [0.15, 0.2) is 0 Å². The third kappa shape index (κ3) is 2.76. The molecule has 1 fully saturated rings. The van der Waals surface area contributed by atoms with Gasteiger partial charge in [0, 0.05) is 25.3 Å². The Morgan fingerprint density at radius 1 is 1.35 bits per heavy atom. The molecular weight excluding hydrogens is 256 g/mol. The van der Waals surface area contributed by atoms with E-state index in [1.807, 2.05) is 11.0 Å². The lowest BCUT2D eigenvalue weighted by Gasteiger charge is -2.32. The maximum Gasteiger partial charge on any atom is 0.271 e. The molecule has 0 unspecified atom stereocenters. The van der Waals surface area contributed by atoms with Crippen LogP contribution in [0.3, 0.4) is 0 Å². The minimum absolute atomic E-state index is 0.0167. The van der Waals surface area contributed by atoms with Crippen molar-refractivity contribution in [2.45, 2.75) is 18.9 Å². The average molecular weight is 272 g/mol. The van der Waals surface area contributed by atoms with Gasteiger partial charge in [-0.3, -0.25) is 4.79 Å². The van der Waals surface area contributed by atoms with Gasteiger partial charge in [0.05, 0.1) is 12.5 Å². The van der Waals surface area contributed by atoms with Crippen LogP contribution in [0, 0.1) is 0 Å². The van der Waals surface area contributed by atoms with Crippen molar-refractivity contribution >= 4 is 11.7 Å². The second-order valence-corrected chi connectivity index (χ2v) is 4.77. The third-order valence-electron chi connectivity index (χ3n) is 3.44. The van der Waals surface area contributed by atoms with Crippen LogP contribution in [0.1, 0.15) is 23.3 Å². The fraction of sp³-hybridized carbons (Fsp3) is 0.385. The average Bonchev–Trinajstić information content (AvgIpc) is 3.03. The maximum atomic E-state index is 12.1. The summed E-state index contributed by atoms with van der Waals surface area (Å²) in [4.78, 5) is 28.8. The van der Waals surface area contributed by atoms with Crippen LogP contribution in [-0.4, -0.2) is 49.9 Å². The normalized spacial score (nSPS) is 16.1. The van der Waals surface area contributed by atoms with Gasteiger partial charge >= 0.3 is 0 Å². The number of aromatic nitrogens is 4. The van der Waals surface area contributed by atoms with Crippen LogP contribution in [0.5, 0.6) is 0 Å². The number of hydrogen-bond donors (Lipinski definition) is 2. The highest BCUT2D eigenvalue weighted by Gasteiger charge is 2.24. The van der Waals surface area contributed by atoms with Crippen molar-refractivity contribution in [3.63, 3.8) is 0 Å². The van der Waals surface area contributed by atoms with Crippen LogP contribution < -0.4 is 5.32 Å². The molecule has 1 aliphatic heterocycles. The first-order valence-corrected chi connectivity index (χ1v) is 6.63. The number of piperidine rings is 1. The number of H-pyrrole nitrogens is 1. The third-order valence-corrected chi connectivity index (χ3v) is 3.44. The standard InChI is InChI=1S/C13H16N6O/c20-13(11-7-15-9-16-11)19-5-2-10(3-6-19)18-12-1-4-14-8-17-12/h1,4,7-10H,2-3,5-6H2,(H,15,16)(H,14,17,18). The molecular formula is C13H16N6O. The van der Waals surface area contributed by atoms with Gasteiger partial charge in [0.25, 0.3) is 5.91 Å². The summed E-state index contributed by atoms with van der Waals surface area (Å²) in [5.74, 6) is 0.848. The molecule has 1 saturated heterocycles. The number of carbonyl (C=O) groups is 1. The first kappa shape index (κ1) is 12.6. The van der Waals surface area contributed by atoms with Crippen molar-refractivity contribution in [2.75, 3.05) is 18.4 Å². The van der Waals surface area contributed by atoms with Crippen molar-refractivity contribution in [3.05, 3.63) is 36.8 Å². The molecule has 2 aromatic heterocycles. The summed E-state index contributed by atoms with van der Waals surface area (Å²) in [6.45, 7) is 1.47. The molecule has 0 aromatic carbocycles. The molecule has 0 atom stereocenters. The fourth-order valence-electron chi connectivity index (χ4n) is 2.36. The number of anilines is 1. The summed E-state index contributed by atoms with van der Waals surface area (Å²) in [6, 6.07) is 2.19. The molecule has 0 radical (unpaired) electrons. The lowest BCUT2D eigenvalue weighted by molar-refractivity contribution is 0.0713. The molecule has 0 aliphatic carbocycles. The van der Waals surface area contributed by atoms with Gasteiger partial charge < -0.3 is 15.2 Å². The SMILES string of the molecule is O=C(c1cnc[nH]1)N1CCC(Nc2ccncn2)CC1. The van der Waals surface area contributed by atoms with E-state index < -0.39 is 0 Å². The lowest BCUT2D eigenvalue weighted by Crippen LogP contribution is -2.42. The molecule has 0 saturated carbocycles. The summed E-state index contributed by atoms with van der Waals surface area (Å²) in [5.41, 5.74) is 0.548. The van der Waals surface area contributed by atoms with E-state index in [0.717, 1.165) is 31.7 Å². The highest BCUT2D eigenvalue weighted by molar-refractivity contribution is 5.92. The summed E-state index contributed by atoms with van der Waals surface area (Å²) in [6.07, 6.45) is 8.14. The molecule has 3 heterocycles. The Labute approximate surface area is 116 Å². The first-order chi connectivity index (χ1) is 9.83. The van der Waals surface area contributed by atoms with Crippen LogP contribution in [0.4, 0.5) is 5.82 Å². The zero-order valence-electron chi connectivity index (χ0n) is 11.0. The molecule has 20 heavy (non-hydrogen) atoms. The van der Waals surface area contributed by atoms with Gasteiger partial charge in [-0.05, 0) is 18.9 Å². The Balaban J connectivity index is 1.53. The second kappa shape index (κ2) is 5.68. The molecule has 2 aromatic rings. The number of hydrogen-bond acceptors (Lipinski definition) is 5. The van der Waals surface area contributed by atoms with Crippen LogP contribution in [-0.2, 0) is 0 Å². The van der Waals surface area contributed by atoms with E-state index in [1.54, 1.807) is 12.4 Å². The van der Waals surface area contributed by atoms with Crippen molar-refractivity contribution < 1.29 is 4.79 Å². The largest absolute Gasteiger partial charge is 0.367 e. The number of nitrogens with zero attached hydrogens (tertiary/aromatic N) is 4. The lowest BCUT2D eigenvalue weighted by atomic mass is 10.0. The molecule has 0 bridgehead atoms. The number of aromatic amines is 1. The number of likely N-dealkylation sites (tertiary alicyclic amines) is 1. The zero-order valence-corrected chi connectivity index (χ0v) is 11.0. The van der Waals surface area contributed by atoms with E-state index in [2.05, 4.69) is 25.3 Å². The number of imidazole rings is 1. The Morgan fingerprint density at radius 3 is 2.85 bits per heavy atom. The van der Waals surface area contributed by atoms with Crippen LogP contribution >= 0.6 is 0 Å². The van der Waals surface area contributed by atoms with E-state index in [1.165, 1.54) is 12.7 Å². The quantitative estimate of drug-likeness (QED) is 0.867. The van der Waals surface area contributed by atoms with Crippen molar-refractivity contribution in [3.8, 4) is 0 Å². The predicted octanol–water partition coefficient (Wildman–Crippen LogP) is 0.916.